The average molecular weight is 260 g/mol. The van der Waals surface area contributed by atoms with Crippen LogP contribution in [0.2, 0.25) is 0 Å². The molecule has 1 aromatic carbocycles. The van der Waals surface area contributed by atoms with Crippen LogP contribution < -0.4 is 5.32 Å². The first-order valence-corrected chi connectivity index (χ1v) is 6.79. The Kier molecular flexibility index (Phi) is 3.04. The second-order valence-electron chi connectivity index (χ2n) is 5.77. The fourth-order valence-corrected chi connectivity index (χ4v) is 3.49. The summed E-state index contributed by atoms with van der Waals surface area (Å²) in [5.74, 6) is -0.453. The van der Waals surface area contributed by atoms with Gasteiger partial charge in [-0.2, -0.15) is 5.26 Å². The molecular weight excluding hydrogens is 243 g/mol. The number of aliphatic hydroxyl groups is 1. The highest BCUT2D eigenvalue weighted by Gasteiger charge is 2.41. The van der Waals surface area contributed by atoms with Crippen LogP contribution >= 0.6 is 0 Å². The Balaban J connectivity index is 1.96. The third kappa shape index (κ3) is 2.36. The maximum absolute atomic E-state index is 13.6. The summed E-state index contributed by atoms with van der Waals surface area (Å²) in [7, 11) is 0. The number of halogens is 1. The van der Waals surface area contributed by atoms with Gasteiger partial charge in [-0.15, -0.1) is 0 Å². The Bertz CT molecular complexity index is 525. The molecule has 2 aliphatic heterocycles. The van der Waals surface area contributed by atoms with Crippen LogP contribution in [0.1, 0.15) is 43.2 Å². The third-order valence-electron chi connectivity index (χ3n) is 4.31. The summed E-state index contributed by atoms with van der Waals surface area (Å²) < 4.78 is 13.6. The molecule has 2 unspecified atom stereocenters. The number of hydrogen-bond acceptors (Lipinski definition) is 3. The molecule has 0 spiro atoms. The standard InChI is InChI=1S/C15H17FN2O/c16-12-5-10(9-17)4-11(6-12)15(19)7-13-2-1-3-14(8-15)18-13/h4-6,13-14,18-19H,1-3,7-8H2. The van der Waals surface area contributed by atoms with E-state index in [2.05, 4.69) is 5.32 Å². The molecule has 4 heteroatoms. The topological polar surface area (TPSA) is 56.0 Å². The molecule has 0 amide bonds. The van der Waals surface area contributed by atoms with E-state index in [4.69, 9.17) is 5.26 Å². The molecule has 100 valence electrons. The second-order valence-corrected chi connectivity index (χ2v) is 5.77. The molecule has 2 N–H and O–H groups in total. The van der Waals surface area contributed by atoms with E-state index in [1.807, 2.05) is 6.07 Å². The highest BCUT2D eigenvalue weighted by molar-refractivity contribution is 5.37. The minimum Gasteiger partial charge on any atom is -0.385 e. The van der Waals surface area contributed by atoms with Gasteiger partial charge in [-0.3, -0.25) is 0 Å². The normalized spacial score (nSPS) is 33.7. The minimum atomic E-state index is -1.01. The predicted molar refractivity (Wildman–Crippen MR) is 68.8 cm³/mol. The predicted octanol–water partition coefficient (Wildman–Crippen LogP) is 2.19. The Morgan fingerprint density at radius 1 is 1.26 bits per heavy atom. The summed E-state index contributed by atoms with van der Waals surface area (Å²) in [6.45, 7) is 0. The first-order chi connectivity index (χ1) is 9.09. The van der Waals surface area contributed by atoms with Crippen LogP contribution in [0.3, 0.4) is 0 Å². The van der Waals surface area contributed by atoms with Gasteiger partial charge in [0.1, 0.15) is 5.82 Å². The highest BCUT2D eigenvalue weighted by Crippen LogP contribution is 2.39. The number of hydrogen-bond donors (Lipinski definition) is 2. The molecule has 2 heterocycles. The van der Waals surface area contributed by atoms with Gasteiger partial charge in [-0.05, 0) is 49.4 Å². The lowest BCUT2D eigenvalue weighted by Crippen LogP contribution is -2.54. The highest BCUT2D eigenvalue weighted by atomic mass is 19.1. The zero-order valence-corrected chi connectivity index (χ0v) is 10.7. The van der Waals surface area contributed by atoms with Gasteiger partial charge in [-0.1, -0.05) is 6.42 Å². The Morgan fingerprint density at radius 2 is 1.95 bits per heavy atom. The van der Waals surface area contributed by atoms with Crippen LogP contribution in [-0.2, 0) is 5.60 Å². The van der Waals surface area contributed by atoms with Crippen molar-refractivity contribution in [1.29, 1.82) is 5.26 Å². The lowest BCUT2D eigenvalue weighted by atomic mass is 9.74. The molecule has 1 aromatic rings. The summed E-state index contributed by atoms with van der Waals surface area (Å²) in [6.07, 6.45) is 4.49. The molecule has 2 aliphatic rings. The van der Waals surface area contributed by atoms with Crippen molar-refractivity contribution in [2.24, 2.45) is 0 Å². The summed E-state index contributed by atoms with van der Waals surface area (Å²) in [5.41, 5.74) is -0.191. The van der Waals surface area contributed by atoms with E-state index < -0.39 is 11.4 Å². The molecule has 3 nitrogen and oxygen atoms in total. The molecule has 0 radical (unpaired) electrons. The quantitative estimate of drug-likeness (QED) is 0.813. The monoisotopic (exact) mass is 260 g/mol. The van der Waals surface area contributed by atoms with E-state index in [9.17, 15) is 9.50 Å². The van der Waals surface area contributed by atoms with Crippen molar-refractivity contribution in [3.8, 4) is 6.07 Å². The summed E-state index contributed by atoms with van der Waals surface area (Å²) >= 11 is 0. The van der Waals surface area contributed by atoms with E-state index in [0.717, 1.165) is 12.8 Å². The molecule has 2 saturated heterocycles. The zero-order valence-electron chi connectivity index (χ0n) is 10.7. The smallest absolute Gasteiger partial charge is 0.124 e. The van der Waals surface area contributed by atoms with Crippen LogP contribution in [0.25, 0.3) is 0 Å². The van der Waals surface area contributed by atoms with Crippen molar-refractivity contribution in [2.45, 2.75) is 49.8 Å². The zero-order chi connectivity index (χ0) is 13.5. The number of fused-ring (bicyclic) bond motifs is 2. The first kappa shape index (κ1) is 12.6. The first-order valence-electron chi connectivity index (χ1n) is 6.79. The number of rotatable bonds is 1. The Morgan fingerprint density at radius 3 is 2.58 bits per heavy atom. The second kappa shape index (κ2) is 4.59. The largest absolute Gasteiger partial charge is 0.385 e. The molecule has 0 saturated carbocycles. The van der Waals surface area contributed by atoms with Crippen molar-refractivity contribution in [2.75, 3.05) is 0 Å². The molecule has 0 aliphatic carbocycles. The van der Waals surface area contributed by atoms with Crippen molar-refractivity contribution in [3.05, 3.63) is 35.1 Å². The lowest BCUT2D eigenvalue weighted by Gasteiger charge is -2.45. The SMILES string of the molecule is N#Cc1cc(F)cc(C2(O)CC3CCCC(C2)N3)c1. The van der Waals surface area contributed by atoms with Gasteiger partial charge in [0.25, 0.3) is 0 Å². The van der Waals surface area contributed by atoms with Crippen molar-refractivity contribution >= 4 is 0 Å². The lowest BCUT2D eigenvalue weighted by molar-refractivity contribution is -0.0361. The van der Waals surface area contributed by atoms with Crippen LogP contribution in [0.15, 0.2) is 18.2 Å². The van der Waals surface area contributed by atoms with Gasteiger partial charge in [0.15, 0.2) is 0 Å². The number of nitrogens with zero attached hydrogens (tertiary/aromatic N) is 1. The van der Waals surface area contributed by atoms with E-state index >= 15 is 0 Å². The number of piperidine rings is 2. The molecule has 2 bridgehead atoms. The van der Waals surface area contributed by atoms with Crippen LogP contribution in [-0.4, -0.2) is 17.2 Å². The van der Waals surface area contributed by atoms with Crippen LogP contribution in [0.4, 0.5) is 4.39 Å². The van der Waals surface area contributed by atoms with Crippen molar-refractivity contribution in [3.63, 3.8) is 0 Å². The number of nitrogens with one attached hydrogen (secondary N) is 1. The van der Waals surface area contributed by atoms with Crippen molar-refractivity contribution in [1.82, 2.24) is 5.32 Å². The molecule has 0 aromatic heterocycles. The third-order valence-corrected chi connectivity index (χ3v) is 4.31. The van der Waals surface area contributed by atoms with E-state index in [-0.39, 0.29) is 5.56 Å². The molecule has 2 atom stereocenters. The Labute approximate surface area is 112 Å². The molecular formula is C15H17FN2O. The summed E-state index contributed by atoms with van der Waals surface area (Å²) in [4.78, 5) is 0. The average Bonchev–Trinajstić information content (AvgIpc) is 2.37. The minimum absolute atomic E-state index is 0.270. The van der Waals surface area contributed by atoms with Crippen molar-refractivity contribution < 1.29 is 9.50 Å². The van der Waals surface area contributed by atoms with E-state index in [1.165, 1.54) is 18.6 Å². The maximum atomic E-state index is 13.6. The molecule has 3 rings (SSSR count). The van der Waals surface area contributed by atoms with Gasteiger partial charge in [0.05, 0.1) is 17.2 Å². The summed E-state index contributed by atoms with van der Waals surface area (Å²) in [5, 5.41) is 23.3. The number of benzene rings is 1. The van der Waals surface area contributed by atoms with Gasteiger partial charge >= 0.3 is 0 Å². The molecule has 2 fully saturated rings. The van der Waals surface area contributed by atoms with Crippen LogP contribution in [0.5, 0.6) is 0 Å². The summed E-state index contributed by atoms with van der Waals surface area (Å²) in [6, 6.07) is 6.72. The van der Waals surface area contributed by atoms with E-state index in [0.29, 0.717) is 30.5 Å². The fourth-order valence-electron chi connectivity index (χ4n) is 3.49. The van der Waals surface area contributed by atoms with Gasteiger partial charge in [-0.25, -0.2) is 4.39 Å². The van der Waals surface area contributed by atoms with Gasteiger partial charge in [0.2, 0.25) is 0 Å². The maximum Gasteiger partial charge on any atom is 0.124 e. The Hall–Kier alpha value is -1.44. The fraction of sp³-hybridized carbons (Fsp3) is 0.533. The van der Waals surface area contributed by atoms with Crippen LogP contribution in [0, 0.1) is 17.1 Å². The number of nitriles is 1. The van der Waals surface area contributed by atoms with Gasteiger partial charge in [0, 0.05) is 12.1 Å². The van der Waals surface area contributed by atoms with Gasteiger partial charge < -0.3 is 10.4 Å². The molecule has 19 heavy (non-hydrogen) atoms. The van der Waals surface area contributed by atoms with E-state index in [1.54, 1.807) is 6.07 Å².